The molecule has 12 heavy (non-hydrogen) atoms. The summed E-state index contributed by atoms with van der Waals surface area (Å²) < 4.78 is 29.8. The van der Waals surface area contributed by atoms with Gasteiger partial charge in [0, 0.05) is 38.5 Å². The first-order valence-corrected chi connectivity index (χ1v) is 4.55. The Kier molecular flexibility index (Phi) is 5.16. The van der Waals surface area contributed by atoms with E-state index in [1.54, 1.807) is 0 Å². The van der Waals surface area contributed by atoms with Crippen LogP contribution in [-0.2, 0) is 53.6 Å². The van der Waals surface area contributed by atoms with Crippen molar-refractivity contribution >= 4 is 10.1 Å². The van der Waals surface area contributed by atoms with Crippen molar-refractivity contribution in [2.45, 2.75) is 6.61 Å². The van der Waals surface area contributed by atoms with Crippen LogP contribution in [0.5, 0.6) is 0 Å². The van der Waals surface area contributed by atoms with E-state index >= 15 is 0 Å². The summed E-state index contributed by atoms with van der Waals surface area (Å²) in [5, 5.41) is 3.25. The summed E-state index contributed by atoms with van der Waals surface area (Å²) in [6, 6.07) is 1.41. The summed E-state index contributed by atoms with van der Waals surface area (Å²) in [6.45, 7) is -0.130. The van der Waals surface area contributed by atoms with Crippen molar-refractivity contribution in [2.24, 2.45) is 0 Å². The molecule has 0 saturated heterocycles. The minimum absolute atomic E-state index is 0. The predicted molar refractivity (Wildman–Crippen MR) is 35.0 cm³/mol. The maximum atomic E-state index is 10.4. The molecule has 1 aromatic rings. The van der Waals surface area contributed by atoms with Gasteiger partial charge in [0.2, 0.25) is 0 Å². The molecule has 5 nitrogen and oxygen atoms in total. The molecule has 0 aliphatic carbocycles. The fourth-order valence-corrected chi connectivity index (χ4v) is 0.773. The van der Waals surface area contributed by atoms with Crippen molar-refractivity contribution in [3.05, 3.63) is 18.0 Å². The van der Waals surface area contributed by atoms with Crippen LogP contribution in [0.4, 0.5) is 0 Å². The van der Waals surface area contributed by atoms with Crippen LogP contribution in [-0.4, -0.2) is 19.8 Å². The van der Waals surface area contributed by atoms with Crippen LogP contribution in [0.2, 0.25) is 0 Å². The molecule has 0 aliphatic heterocycles. The third-order valence-electron chi connectivity index (χ3n) is 0.856. The Bertz CT molecular complexity index is 306. The van der Waals surface area contributed by atoms with E-state index in [1.807, 2.05) is 0 Å². The normalized spacial score (nSPS) is 10.8. The molecule has 0 unspecified atom stereocenters. The topological polar surface area (TPSA) is 69.4 Å². The quantitative estimate of drug-likeness (QED) is 0.566. The average Bonchev–Trinajstić information content (AvgIpc) is 2.32. The van der Waals surface area contributed by atoms with Crippen molar-refractivity contribution in [1.82, 2.24) is 5.16 Å². The molecule has 0 bridgehead atoms. The van der Waals surface area contributed by atoms with Gasteiger partial charge in [-0.2, -0.15) is 14.5 Å². The third kappa shape index (κ3) is 4.97. The summed E-state index contributed by atoms with van der Waals surface area (Å²) in [7, 11) is -3.40. The van der Waals surface area contributed by atoms with Gasteiger partial charge in [-0.1, -0.05) is 0 Å². The Morgan fingerprint density at radius 2 is 2.42 bits per heavy atom. The number of hydrogen-bond donors (Lipinski definition) is 0. The van der Waals surface area contributed by atoms with Crippen LogP contribution in [0.25, 0.3) is 0 Å². The van der Waals surface area contributed by atoms with Gasteiger partial charge in [0.1, 0.15) is 0 Å². The smallest absolute Gasteiger partial charge is 0.263 e. The molecular formula is C5H6NO4SY-. The van der Waals surface area contributed by atoms with Crippen LogP contribution < -0.4 is 0 Å². The van der Waals surface area contributed by atoms with Crippen molar-refractivity contribution < 1.29 is 49.8 Å². The van der Waals surface area contributed by atoms with E-state index in [0.717, 1.165) is 6.26 Å². The second-order valence-electron chi connectivity index (χ2n) is 1.89. The largest absolute Gasteiger partial charge is 0.468 e. The molecule has 0 spiro atoms. The first-order chi connectivity index (χ1) is 5.08. The SMILES string of the molecule is CS(=O)(=O)OCc1c[c-]no1.[Y]. The van der Waals surface area contributed by atoms with E-state index in [-0.39, 0.29) is 39.3 Å². The van der Waals surface area contributed by atoms with Crippen molar-refractivity contribution in [2.75, 3.05) is 6.26 Å². The Hall–Kier alpha value is 0.224. The van der Waals surface area contributed by atoms with Gasteiger partial charge >= 0.3 is 0 Å². The summed E-state index contributed by atoms with van der Waals surface area (Å²) >= 11 is 0. The molecule has 1 rings (SSSR count). The second kappa shape index (κ2) is 5.06. The molecular weight excluding hydrogens is 259 g/mol. The molecule has 1 aromatic heterocycles. The zero-order valence-corrected chi connectivity index (χ0v) is 10.0. The van der Waals surface area contributed by atoms with E-state index in [4.69, 9.17) is 0 Å². The number of rotatable bonds is 3. The maximum absolute atomic E-state index is 10.4. The minimum Gasteiger partial charge on any atom is -0.468 e. The van der Waals surface area contributed by atoms with Crippen LogP contribution in [0, 0.1) is 6.20 Å². The predicted octanol–water partition coefficient (Wildman–Crippen LogP) is -0.0515. The fraction of sp³-hybridized carbons (Fsp3) is 0.400. The molecule has 1 heterocycles. The van der Waals surface area contributed by atoms with Crippen LogP contribution in [0.3, 0.4) is 0 Å². The molecule has 0 saturated carbocycles. The monoisotopic (exact) mass is 265 g/mol. The molecule has 7 heteroatoms. The zero-order chi connectivity index (χ0) is 8.32. The molecule has 65 valence electrons. The standard InChI is InChI=1S/C5H6NO4S.Y/c1-11(7,8)9-4-5-2-3-6-10-5;/h2H,4H2,1H3;/q-1;. The van der Waals surface area contributed by atoms with Gasteiger partial charge in [-0.3, -0.25) is 4.18 Å². The molecule has 0 amide bonds. The van der Waals surface area contributed by atoms with E-state index < -0.39 is 10.1 Å². The number of hydrogen-bond acceptors (Lipinski definition) is 5. The maximum Gasteiger partial charge on any atom is 0.263 e. The van der Waals surface area contributed by atoms with Gasteiger partial charge in [0.25, 0.3) is 10.1 Å². The van der Waals surface area contributed by atoms with Gasteiger partial charge in [-0.15, -0.1) is 6.20 Å². The molecule has 0 atom stereocenters. The average molecular weight is 265 g/mol. The van der Waals surface area contributed by atoms with E-state index in [9.17, 15) is 8.42 Å². The van der Waals surface area contributed by atoms with Crippen molar-refractivity contribution in [3.63, 3.8) is 0 Å². The summed E-state index contributed by atoms with van der Waals surface area (Å²) in [5.74, 6) is 0.329. The first-order valence-electron chi connectivity index (χ1n) is 2.74. The minimum atomic E-state index is -3.40. The van der Waals surface area contributed by atoms with Gasteiger partial charge in [-0.05, 0) is 0 Å². The van der Waals surface area contributed by atoms with Crippen molar-refractivity contribution in [3.8, 4) is 0 Å². The van der Waals surface area contributed by atoms with Crippen molar-refractivity contribution in [1.29, 1.82) is 0 Å². The molecule has 1 radical (unpaired) electrons. The van der Waals surface area contributed by atoms with Crippen LogP contribution in [0.15, 0.2) is 10.6 Å². The summed E-state index contributed by atoms with van der Waals surface area (Å²) in [4.78, 5) is 0. The molecule has 0 aromatic carbocycles. The van der Waals surface area contributed by atoms with Crippen LogP contribution in [0.1, 0.15) is 5.76 Å². The van der Waals surface area contributed by atoms with Gasteiger partial charge < -0.3 is 4.52 Å². The van der Waals surface area contributed by atoms with Gasteiger partial charge in [0.15, 0.2) is 0 Å². The molecule has 0 aliphatic rings. The second-order valence-corrected chi connectivity index (χ2v) is 3.53. The number of nitrogens with zero attached hydrogens (tertiary/aromatic N) is 1. The summed E-state index contributed by atoms with van der Waals surface area (Å²) in [5.41, 5.74) is 0. The Balaban J connectivity index is 0.00000121. The first kappa shape index (κ1) is 12.2. The Morgan fingerprint density at radius 3 is 2.83 bits per heavy atom. The number of aromatic nitrogens is 1. The van der Waals surface area contributed by atoms with Gasteiger partial charge in [0.05, 0.1) is 12.9 Å². The van der Waals surface area contributed by atoms with E-state index in [2.05, 4.69) is 20.1 Å². The fourth-order valence-electron chi connectivity index (χ4n) is 0.443. The molecule has 0 N–H and O–H groups in total. The van der Waals surface area contributed by atoms with Gasteiger partial charge in [-0.25, -0.2) is 5.16 Å². The van der Waals surface area contributed by atoms with E-state index in [1.165, 1.54) is 6.07 Å². The van der Waals surface area contributed by atoms with Crippen LogP contribution >= 0.6 is 0 Å². The van der Waals surface area contributed by atoms with E-state index in [0.29, 0.717) is 5.76 Å². The molecule has 0 fully saturated rings. The zero-order valence-electron chi connectivity index (χ0n) is 6.35. The Morgan fingerprint density at radius 1 is 1.75 bits per heavy atom. The summed E-state index contributed by atoms with van der Waals surface area (Å²) in [6.07, 6.45) is 3.34. The Labute approximate surface area is 95.5 Å². The third-order valence-corrected chi connectivity index (χ3v) is 1.40.